The molecule has 2 rings (SSSR count). The number of hydrogen-bond acceptors (Lipinski definition) is 3. The van der Waals surface area contributed by atoms with Crippen LogP contribution in [0.25, 0.3) is 0 Å². The topological polar surface area (TPSA) is 52.6 Å². The second kappa shape index (κ2) is 6.75. The molecule has 4 heteroatoms. The summed E-state index contributed by atoms with van der Waals surface area (Å²) < 4.78 is 0. The van der Waals surface area contributed by atoms with E-state index in [9.17, 15) is 9.90 Å². The Morgan fingerprint density at radius 2 is 1.90 bits per heavy atom. The normalized spacial score (nSPS) is 21.8. The molecule has 1 aromatic carbocycles. The van der Waals surface area contributed by atoms with Crippen LogP contribution in [0, 0.1) is 11.8 Å². The molecule has 0 heterocycles. The van der Waals surface area contributed by atoms with Gasteiger partial charge in [0.15, 0.2) is 0 Å². The van der Waals surface area contributed by atoms with Crippen LogP contribution in [0.15, 0.2) is 24.3 Å². The zero-order chi connectivity index (χ0) is 14.5. The highest BCUT2D eigenvalue weighted by molar-refractivity contribution is 5.94. The molecule has 1 aromatic rings. The molecule has 20 heavy (non-hydrogen) atoms. The number of nitrogens with zero attached hydrogens (tertiary/aromatic N) is 1. The Morgan fingerprint density at radius 3 is 2.50 bits per heavy atom. The lowest BCUT2D eigenvalue weighted by Gasteiger charge is -2.18. The number of hydrogen-bond donors (Lipinski definition) is 2. The lowest BCUT2D eigenvalue weighted by molar-refractivity contribution is 0.0938. The molecule has 1 saturated carbocycles. The van der Waals surface area contributed by atoms with Crippen molar-refractivity contribution >= 4 is 11.6 Å². The Balaban J connectivity index is 1.88. The summed E-state index contributed by atoms with van der Waals surface area (Å²) in [6.45, 7) is 0.900. The van der Waals surface area contributed by atoms with E-state index in [0.717, 1.165) is 24.9 Å². The highest BCUT2D eigenvalue weighted by Crippen LogP contribution is 2.30. The van der Waals surface area contributed by atoms with Gasteiger partial charge in [0.2, 0.25) is 0 Å². The smallest absolute Gasteiger partial charge is 0.251 e. The molecular formula is C16H24N2O2. The molecule has 2 N–H and O–H groups in total. The number of anilines is 1. The van der Waals surface area contributed by atoms with Gasteiger partial charge in [-0.3, -0.25) is 4.79 Å². The van der Waals surface area contributed by atoms with Gasteiger partial charge < -0.3 is 15.3 Å². The molecule has 2 atom stereocenters. The zero-order valence-electron chi connectivity index (χ0n) is 12.3. The van der Waals surface area contributed by atoms with E-state index < -0.39 is 0 Å². The predicted octanol–water partition coefficient (Wildman–Crippen LogP) is 1.89. The molecule has 1 amide bonds. The second-order valence-electron chi connectivity index (χ2n) is 5.78. The van der Waals surface area contributed by atoms with Crippen molar-refractivity contribution in [2.24, 2.45) is 11.8 Å². The van der Waals surface area contributed by atoms with Gasteiger partial charge in [-0.25, -0.2) is 0 Å². The van der Waals surface area contributed by atoms with Crippen molar-refractivity contribution in [1.82, 2.24) is 5.32 Å². The number of rotatable bonds is 5. The van der Waals surface area contributed by atoms with E-state index in [1.165, 1.54) is 0 Å². The minimum atomic E-state index is -0.0288. The number of aliphatic hydroxyl groups is 1. The lowest BCUT2D eigenvalue weighted by Crippen LogP contribution is -2.31. The van der Waals surface area contributed by atoms with Gasteiger partial charge >= 0.3 is 0 Å². The van der Waals surface area contributed by atoms with Crippen LogP contribution in [-0.2, 0) is 0 Å². The average molecular weight is 276 g/mol. The van der Waals surface area contributed by atoms with Gasteiger partial charge in [0.25, 0.3) is 5.91 Å². The van der Waals surface area contributed by atoms with Crippen molar-refractivity contribution in [2.45, 2.75) is 19.3 Å². The Hall–Kier alpha value is -1.55. The first-order chi connectivity index (χ1) is 9.61. The largest absolute Gasteiger partial charge is 0.396 e. The number of carbonyl (C=O) groups is 1. The van der Waals surface area contributed by atoms with Crippen LogP contribution in [0.3, 0.4) is 0 Å². The fourth-order valence-electron chi connectivity index (χ4n) is 2.86. The molecule has 0 saturated heterocycles. The molecule has 1 fully saturated rings. The molecule has 0 bridgehead atoms. The van der Waals surface area contributed by atoms with Gasteiger partial charge in [-0.2, -0.15) is 0 Å². The van der Waals surface area contributed by atoms with E-state index in [1.54, 1.807) is 0 Å². The standard InChI is InChI=1S/C16H24N2O2/c1-18(2)15-8-6-12(7-9-15)16(20)17-10-13-4-3-5-14(13)11-19/h6-9,13-14,19H,3-5,10-11H2,1-2H3,(H,17,20). The second-order valence-corrected chi connectivity index (χ2v) is 5.78. The highest BCUT2D eigenvalue weighted by atomic mass is 16.3. The minimum absolute atomic E-state index is 0.0288. The van der Waals surface area contributed by atoms with Crippen molar-refractivity contribution in [1.29, 1.82) is 0 Å². The molecule has 4 nitrogen and oxygen atoms in total. The predicted molar refractivity (Wildman–Crippen MR) is 81.0 cm³/mol. The molecule has 2 unspecified atom stereocenters. The number of benzene rings is 1. The number of nitrogens with one attached hydrogen (secondary N) is 1. The van der Waals surface area contributed by atoms with Crippen molar-refractivity contribution < 1.29 is 9.90 Å². The van der Waals surface area contributed by atoms with Gasteiger partial charge in [0.1, 0.15) is 0 Å². The van der Waals surface area contributed by atoms with Gasteiger partial charge in [-0.05, 0) is 48.9 Å². The summed E-state index contributed by atoms with van der Waals surface area (Å²) in [5.74, 6) is 0.746. The van der Waals surface area contributed by atoms with Crippen LogP contribution in [0.4, 0.5) is 5.69 Å². The number of carbonyl (C=O) groups excluding carboxylic acids is 1. The van der Waals surface area contributed by atoms with Crippen LogP contribution in [-0.4, -0.2) is 38.3 Å². The third kappa shape index (κ3) is 3.51. The summed E-state index contributed by atoms with van der Waals surface area (Å²) in [4.78, 5) is 14.1. The highest BCUT2D eigenvalue weighted by Gasteiger charge is 2.26. The van der Waals surface area contributed by atoms with Crippen LogP contribution >= 0.6 is 0 Å². The zero-order valence-corrected chi connectivity index (χ0v) is 12.3. The maximum atomic E-state index is 12.1. The van der Waals surface area contributed by atoms with Gasteiger partial charge in [0, 0.05) is 38.5 Å². The van der Waals surface area contributed by atoms with E-state index in [2.05, 4.69) is 5.32 Å². The monoisotopic (exact) mass is 276 g/mol. The Kier molecular flexibility index (Phi) is 5.01. The third-order valence-corrected chi connectivity index (χ3v) is 4.22. The number of amides is 1. The summed E-state index contributed by atoms with van der Waals surface area (Å²) in [5, 5.41) is 12.3. The van der Waals surface area contributed by atoms with Crippen LogP contribution in [0.1, 0.15) is 29.6 Å². The van der Waals surface area contributed by atoms with E-state index in [0.29, 0.717) is 23.9 Å². The molecule has 110 valence electrons. The molecule has 1 aliphatic rings. The van der Waals surface area contributed by atoms with E-state index in [-0.39, 0.29) is 12.5 Å². The molecule has 0 aromatic heterocycles. The van der Waals surface area contributed by atoms with Gasteiger partial charge in [-0.15, -0.1) is 0 Å². The van der Waals surface area contributed by atoms with Crippen LogP contribution in [0.5, 0.6) is 0 Å². The van der Waals surface area contributed by atoms with Gasteiger partial charge in [-0.1, -0.05) is 6.42 Å². The summed E-state index contributed by atoms with van der Waals surface area (Å²) in [7, 11) is 3.95. The quantitative estimate of drug-likeness (QED) is 0.863. The van der Waals surface area contributed by atoms with Crippen LogP contribution < -0.4 is 10.2 Å². The summed E-state index contributed by atoms with van der Waals surface area (Å²) in [6.07, 6.45) is 3.34. The SMILES string of the molecule is CN(C)c1ccc(C(=O)NCC2CCCC2CO)cc1. The maximum absolute atomic E-state index is 12.1. The van der Waals surface area contributed by atoms with Crippen molar-refractivity contribution in [3.63, 3.8) is 0 Å². The Labute approximate surface area is 120 Å². The van der Waals surface area contributed by atoms with E-state index in [1.807, 2.05) is 43.3 Å². The molecule has 0 radical (unpaired) electrons. The molecular weight excluding hydrogens is 252 g/mol. The molecule has 0 spiro atoms. The first-order valence-corrected chi connectivity index (χ1v) is 7.28. The molecule has 1 aliphatic carbocycles. The summed E-state index contributed by atoms with van der Waals surface area (Å²) in [5.41, 5.74) is 1.77. The lowest BCUT2D eigenvalue weighted by atomic mass is 9.97. The summed E-state index contributed by atoms with van der Waals surface area (Å²) in [6, 6.07) is 7.59. The fourth-order valence-corrected chi connectivity index (χ4v) is 2.86. The number of aliphatic hydroxyl groups excluding tert-OH is 1. The van der Waals surface area contributed by atoms with Crippen molar-refractivity contribution in [2.75, 3.05) is 32.1 Å². The van der Waals surface area contributed by atoms with Gasteiger partial charge in [0.05, 0.1) is 0 Å². The van der Waals surface area contributed by atoms with E-state index >= 15 is 0 Å². The minimum Gasteiger partial charge on any atom is -0.396 e. The molecule has 0 aliphatic heterocycles. The Bertz CT molecular complexity index is 442. The first kappa shape index (κ1) is 14.9. The van der Waals surface area contributed by atoms with Crippen molar-refractivity contribution in [3.8, 4) is 0 Å². The summed E-state index contributed by atoms with van der Waals surface area (Å²) >= 11 is 0. The van der Waals surface area contributed by atoms with Crippen LogP contribution in [0.2, 0.25) is 0 Å². The first-order valence-electron chi connectivity index (χ1n) is 7.28. The van der Waals surface area contributed by atoms with Crippen molar-refractivity contribution in [3.05, 3.63) is 29.8 Å². The maximum Gasteiger partial charge on any atom is 0.251 e. The third-order valence-electron chi connectivity index (χ3n) is 4.22. The fraction of sp³-hybridized carbons (Fsp3) is 0.562. The van der Waals surface area contributed by atoms with E-state index in [4.69, 9.17) is 0 Å². The Morgan fingerprint density at radius 1 is 1.25 bits per heavy atom. The average Bonchev–Trinajstić information content (AvgIpc) is 2.92.